The van der Waals surface area contributed by atoms with Crippen LogP contribution in [0.15, 0.2) is 0 Å². The summed E-state index contributed by atoms with van der Waals surface area (Å²) in [7, 11) is -3.31. The van der Waals surface area contributed by atoms with Crippen molar-refractivity contribution in [2.75, 3.05) is 5.75 Å². The normalized spacial score (nSPS) is 46.6. The molecule has 0 amide bonds. The summed E-state index contributed by atoms with van der Waals surface area (Å²) >= 11 is 0. The van der Waals surface area contributed by atoms with Gasteiger partial charge in [0.2, 0.25) is 0 Å². The molecule has 18 heavy (non-hydrogen) atoms. The fraction of sp³-hybridized carbons (Fsp3) is 1.00. The fourth-order valence-corrected chi connectivity index (χ4v) is 6.19. The number of hydrogen-bond acceptors (Lipinski definition) is 3. The van der Waals surface area contributed by atoms with Gasteiger partial charge in [0.1, 0.15) is 0 Å². The molecule has 104 valence electrons. The third kappa shape index (κ3) is 2.11. The number of rotatable bonds is 4. The fourth-order valence-electron chi connectivity index (χ4n) is 4.87. The van der Waals surface area contributed by atoms with E-state index in [1.54, 1.807) is 0 Å². The van der Waals surface area contributed by atoms with Crippen molar-refractivity contribution in [1.82, 2.24) is 0 Å². The SMILES string of the molecule is CCCS(=O)(=O)OC12CC3CC(C1)C(C)C(C3)C2. The highest BCUT2D eigenvalue weighted by Gasteiger charge is 2.56. The zero-order chi connectivity index (χ0) is 13.0. The highest BCUT2D eigenvalue weighted by atomic mass is 32.2. The lowest BCUT2D eigenvalue weighted by Crippen LogP contribution is -2.56. The maximum atomic E-state index is 12.0. The van der Waals surface area contributed by atoms with Gasteiger partial charge in [-0.25, -0.2) is 0 Å². The van der Waals surface area contributed by atoms with E-state index in [0.29, 0.717) is 18.3 Å². The van der Waals surface area contributed by atoms with Crippen LogP contribution in [0.5, 0.6) is 0 Å². The van der Waals surface area contributed by atoms with Gasteiger partial charge in [-0.2, -0.15) is 8.42 Å². The van der Waals surface area contributed by atoms with Crippen molar-refractivity contribution >= 4 is 10.1 Å². The third-order valence-electron chi connectivity index (χ3n) is 5.45. The van der Waals surface area contributed by atoms with Crippen LogP contribution in [0.25, 0.3) is 0 Å². The van der Waals surface area contributed by atoms with Gasteiger partial charge >= 0.3 is 0 Å². The molecule has 0 spiro atoms. The van der Waals surface area contributed by atoms with E-state index in [4.69, 9.17) is 4.18 Å². The smallest absolute Gasteiger partial charge is 0.263 e. The summed E-state index contributed by atoms with van der Waals surface area (Å²) in [6.07, 6.45) is 6.18. The Hall–Kier alpha value is -0.0900. The Kier molecular flexibility index (Phi) is 3.02. The lowest BCUT2D eigenvalue weighted by molar-refractivity contribution is -0.130. The van der Waals surface area contributed by atoms with Crippen LogP contribution in [-0.2, 0) is 14.3 Å². The van der Waals surface area contributed by atoms with Crippen LogP contribution in [0.3, 0.4) is 0 Å². The minimum absolute atomic E-state index is 0.171. The topological polar surface area (TPSA) is 43.4 Å². The summed E-state index contributed by atoms with van der Waals surface area (Å²) in [5.41, 5.74) is -0.322. The van der Waals surface area contributed by atoms with Crippen LogP contribution in [0.1, 0.15) is 52.4 Å². The van der Waals surface area contributed by atoms with E-state index in [1.807, 2.05) is 6.92 Å². The first-order chi connectivity index (χ1) is 8.43. The lowest BCUT2D eigenvalue weighted by Gasteiger charge is -2.58. The standard InChI is InChI=1S/C14H24O3S/c1-3-4-18(15,16)17-14-7-11-5-12(8-14)10(2)13(6-11)9-14/h10-13H,3-9H2,1-2H3. The van der Waals surface area contributed by atoms with Crippen molar-refractivity contribution in [3.63, 3.8) is 0 Å². The number of hydrogen-bond donors (Lipinski definition) is 0. The van der Waals surface area contributed by atoms with Gasteiger partial charge in [-0.05, 0) is 62.2 Å². The first kappa shape index (κ1) is 12.9. The Bertz CT molecular complexity index is 412. The molecule has 4 aliphatic rings. The van der Waals surface area contributed by atoms with Crippen LogP contribution in [0.2, 0.25) is 0 Å². The van der Waals surface area contributed by atoms with Crippen LogP contribution in [0, 0.1) is 23.7 Å². The summed E-state index contributed by atoms with van der Waals surface area (Å²) in [6.45, 7) is 4.24. The lowest BCUT2D eigenvalue weighted by atomic mass is 9.50. The van der Waals surface area contributed by atoms with E-state index in [-0.39, 0.29) is 11.4 Å². The van der Waals surface area contributed by atoms with Crippen LogP contribution in [-0.4, -0.2) is 19.8 Å². The van der Waals surface area contributed by atoms with Crippen molar-refractivity contribution in [2.24, 2.45) is 23.7 Å². The quantitative estimate of drug-likeness (QED) is 0.739. The summed E-state index contributed by atoms with van der Waals surface area (Å²) in [5, 5.41) is 0. The molecule has 0 aromatic rings. The molecule has 4 bridgehead atoms. The maximum Gasteiger partial charge on any atom is 0.267 e. The highest BCUT2D eigenvalue weighted by Crippen LogP contribution is 2.59. The van der Waals surface area contributed by atoms with E-state index in [2.05, 4.69) is 6.92 Å². The highest BCUT2D eigenvalue weighted by molar-refractivity contribution is 7.86. The van der Waals surface area contributed by atoms with Gasteiger partial charge in [0.05, 0.1) is 11.4 Å². The molecule has 0 saturated heterocycles. The van der Waals surface area contributed by atoms with E-state index >= 15 is 0 Å². The Balaban J connectivity index is 1.80. The molecule has 0 aliphatic heterocycles. The van der Waals surface area contributed by atoms with Gasteiger partial charge in [0, 0.05) is 0 Å². The molecule has 0 radical (unpaired) electrons. The van der Waals surface area contributed by atoms with Crippen LogP contribution < -0.4 is 0 Å². The first-order valence-electron chi connectivity index (χ1n) is 7.36. The largest absolute Gasteiger partial charge is 0.267 e. The van der Waals surface area contributed by atoms with Gasteiger partial charge < -0.3 is 0 Å². The van der Waals surface area contributed by atoms with E-state index in [9.17, 15) is 8.42 Å². The van der Waals surface area contributed by atoms with Crippen molar-refractivity contribution in [2.45, 2.75) is 58.0 Å². The molecule has 0 N–H and O–H groups in total. The summed E-state index contributed by atoms with van der Waals surface area (Å²) in [5.74, 6) is 3.06. The predicted molar refractivity (Wildman–Crippen MR) is 70.6 cm³/mol. The summed E-state index contributed by atoms with van der Waals surface area (Å²) in [6, 6.07) is 0. The van der Waals surface area contributed by atoms with Crippen LogP contribution >= 0.6 is 0 Å². The Labute approximate surface area is 110 Å². The Morgan fingerprint density at radius 2 is 1.78 bits per heavy atom. The molecule has 0 aromatic carbocycles. The van der Waals surface area contributed by atoms with Gasteiger partial charge in [-0.1, -0.05) is 13.8 Å². The minimum atomic E-state index is -3.31. The Morgan fingerprint density at radius 1 is 1.17 bits per heavy atom. The molecule has 4 fully saturated rings. The Morgan fingerprint density at radius 3 is 2.33 bits per heavy atom. The second-order valence-corrected chi connectivity index (χ2v) is 8.55. The second-order valence-electron chi connectivity index (χ2n) is 6.86. The molecule has 2 atom stereocenters. The molecular formula is C14H24O3S. The van der Waals surface area contributed by atoms with Gasteiger partial charge in [-0.15, -0.1) is 0 Å². The molecule has 4 aliphatic carbocycles. The van der Waals surface area contributed by atoms with Crippen molar-refractivity contribution < 1.29 is 12.6 Å². The molecule has 4 heteroatoms. The maximum absolute atomic E-state index is 12.0. The van der Waals surface area contributed by atoms with Crippen molar-refractivity contribution in [3.8, 4) is 0 Å². The average Bonchev–Trinajstić information content (AvgIpc) is 2.22. The van der Waals surface area contributed by atoms with Gasteiger partial charge in [-0.3, -0.25) is 4.18 Å². The van der Waals surface area contributed by atoms with Gasteiger partial charge in [0.25, 0.3) is 10.1 Å². The van der Waals surface area contributed by atoms with Crippen molar-refractivity contribution in [1.29, 1.82) is 0 Å². The van der Waals surface area contributed by atoms with E-state index in [0.717, 1.165) is 31.1 Å². The molecule has 0 heterocycles. The molecule has 2 unspecified atom stereocenters. The molecular weight excluding hydrogens is 248 g/mol. The first-order valence-corrected chi connectivity index (χ1v) is 8.94. The van der Waals surface area contributed by atoms with E-state index in [1.165, 1.54) is 12.8 Å². The van der Waals surface area contributed by atoms with E-state index < -0.39 is 10.1 Å². The predicted octanol–water partition coefficient (Wildman–Crippen LogP) is 2.96. The van der Waals surface area contributed by atoms with Crippen molar-refractivity contribution in [3.05, 3.63) is 0 Å². The second kappa shape index (κ2) is 4.20. The average molecular weight is 272 g/mol. The minimum Gasteiger partial charge on any atom is -0.263 e. The molecule has 3 nitrogen and oxygen atoms in total. The third-order valence-corrected chi connectivity index (χ3v) is 6.96. The summed E-state index contributed by atoms with van der Waals surface area (Å²) in [4.78, 5) is 0. The molecule has 4 saturated carbocycles. The van der Waals surface area contributed by atoms with Crippen LogP contribution in [0.4, 0.5) is 0 Å². The molecule has 4 rings (SSSR count). The summed E-state index contributed by atoms with van der Waals surface area (Å²) < 4.78 is 29.6. The van der Waals surface area contributed by atoms with Gasteiger partial charge in [0.15, 0.2) is 0 Å². The monoisotopic (exact) mass is 272 g/mol. The zero-order valence-corrected chi connectivity index (χ0v) is 12.2. The zero-order valence-electron chi connectivity index (χ0n) is 11.4. The molecule has 0 aromatic heterocycles.